The molecule has 2 aromatic rings. The molecule has 1 heterocycles. The number of benzene rings is 1. The smallest absolute Gasteiger partial charge is 0.0956 e. The van der Waals surface area contributed by atoms with Gasteiger partial charge in [0.1, 0.15) is 0 Å². The normalized spacial score (nSPS) is 10.8. The Kier molecular flexibility index (Phi) is 2.79. The van der Waals surface area contributed by atoms with Gasteiger partial charge in [-0.2, -0.15) is 5.10 Å². The Morgan fingerprint density at radius 3 is 2.56 bits per heavy atom. The zero-order valence-electron chi connectivity index (χ0n) is 9.83. The first kappa shape index (κ1) is 10.9. The van der Waals surface area contributed by atoms with E-state index in [1.807, 2.05) is 6.92 Å². The highest BCUT2D eigenvalue weighted by Gasteiger charge is 2.11. The second-order valence-corrected chi connectivity index (χ2v) is 4.15. The molecule has 0 spiro atoms. The van der Waals surface area contributed by atoms with Gasteiger partial charge in [-0.15, -0.1) is 0 Å². The molecule has 3 heteroatoms. The van der Waals surface area contributed by atoms with Crippen LogP contribution >= 0.6 is 0 Å². The Morgan fingerprint density at radius 2 is 2.00 bits per heavy atom. The number of hydrogen-bond acceptors (Lipinski definition) is 2. The number of hydrogen-bond donors (Lipinski definition) is 2. The number of nitrogens with zero attached hydrogens (tertiary/aromatic N) is 1. The van der Waals surface area contributed by atoms with E-state index in [9.17, 15) is 0 Å². The van der Waals surface area contributed by atoms with Gasteiger partial charge in [-0.3, -0.25) is 5.10 Å². The van der Waals surface area contributed by atoms with Gasteiger partial charge in [-0.1, -0.05) is 23.8 Å². The molecule has 0 aliphatic rings. The molecule has 16 heavy (non-hydrogen) atoms. The highest BCUT2D eigenvalue weighted by molar-refractivity contribution is 5.67. The Bertz CT molecular complexity index is 515. The lowest BCUT2D eigenvalue weighted by Gasteiger charge is -2.05. The number of aryl methyl sites for hydroxylation is 2. The van der Waals surface area contributed by atoms with Crippen molar-refractivity contribution < 1.29 is 5.11 Å². The lowest BCUT2D eigenvalue weighted by atomic mass is 10.0. The molecule has 0 aliphatic carbocycles. The first-order chi connectivity index (χ1) is 7.63. The Labute approximate surface area is 95.1 Å². The number of nitrogens with one attached hydrogen (secondary N) is 1. The predicted molar refractivity (Wildman–Crippen MR) is 64.2 cm³/mol. The van der Waals surface area contributed by atoms with Crippen molar-refractivity contribution in [1.29, 1.82) is 0 Å². The maximum Gasteiger partial charge on any atom is 0.0956 e. The van der Waals surface area contributed by atoms with Crippen LogP contribution in [0.2, 0.25) is 0 Å². The summed E-state index contributed by atoms with van der Waals surface area (Å²) < 4.78 is 0. The number of H-pyrrole nitrogens is 1. The number of rotatable bonds is 2. The number of aliphatic hydroxyl groups is 1. The SMILES string of the molecule is Cc1ccc(-c2n[nH]c(CO)c2C)c(C)c1. The minimum Gasteiger partial charge on any atom is -0.390 e. The maximum absolute atomic E-state index is 9.12. The summed E-state index contributed by atoms with van der Waals surface area (Å²) in [6.45, 7) is 6.13. The highest BCUT2D eigenvalue weighted by Crippen LogP contribution is 2.26. The lowest BCUT2D eigenvalue weighted by molar-refractivity contribution is 0.276. The van der Waals surface area contributed by atoms with Crippen LogP contribution in [0, 0.1) is 20.8 Å². The van der Waals surface area contributed by atoms with E-state index in [2.05, 4.69) is 42.2 Å². The summed E-state index contributed by atoms with van der Waals surface area (Å²) in [5.74, 6) is 0. The standard InChI is InChI=1S/C13H16N2O/c1-8-4-5-11(9(2)6-8)13-10(3)12(7-16)14-15-13/h4-6,16H,7H2,1-3H3,(H,14,15). The van der Waals surface area contributed by atoms with Crippen molar-refractivity contribution in [2.45, 2.75) is 27.4 Å². The molecule has 0 fully saturated rings. The van der Waals surface area contributed by atoms with Crippen LogP contribution in [0.4, 0.5) is 0 Å². The van der Waals surface area contributed by atoms with Gasteiger partial charge < -0.3 is 5.11 Å². The monoisotopic (exact) mass is 216 g/mol. The molecule has 2 N–H and O–H groups in total. The molecule has 2 rings (SSSR count). The third-order valence-corrected chi connectivity index (χ3v) is 2.91. The summed E-state index contributed by atoms with van der Waals surface area (Å²) >= 11 is 0. The van der Waals surface area contributed by atoms with E-state index in [-0.39, 0.29) is 6.61 Å². The van der Waals surface area contributed by atoms with Crippen molar-refractivity contribution in [3.8, 4) is 11.3 Å². The topological polar surface area (TPSA) is 48.9 Å². The summed E-state index contributed by atoms with van der Waals surface area (Å²) in [5.41, 5.74) is 6.32. The van der Waals surface area contributed by atoms with Crippen molar-refractivity contribution in [2.75, 3.05) is 0 Å². The van der Waals surface area contributed by atoms with Crippen LogP contribution in [0.1, 0.15) is 22.4 Å². The number of aromatic amines is 1. The number of aromatic nitrogens is 2. The molecule has 0 saturated heterocycles. The van der Waals surface area contributed by atoms with Gasteiger partial charge in [0.2, 0.25) is 0 Å². The third kappa shape index (κ3) is 1.74. The van der Waals surface area contributed by atoms with Crippen LogP contribution in [0.25, 0.3) is 11.3 Å². The fourth-order valence-corrected chi connectivity index (χ4v) is 1.93. The summed E-state index contributed by atoms with van der Waals surface area (Å²) in [5, 5.41) is 16.2. The third-order valence-electron chi connectivity index (χ3n) is 2.91. The van der Waals surface area contributed by atoms with E-state index in [1.165, 1.54) is 11.1 Å². The minimum atomic E-state index is 0.00371. The fraction of sp³-hybridized carbons (Fsp3) is 0.308. The maximum atomic E-state index is 9.12. The van der Waals surface area contributed by atoms with Crippen molar-refractivity contribution >= 4 is 0 Å². The van der Waals surface area contributed by atoms with E-state index in [1.54, 1.807) is 0 Å². The summed E-state index contributed by atoms with van der Waals surface area (Å²) in [6, 6.07) is 6.30. The second-order valence-electron chi connectivity index (χ2n) is 4.15. The molecule has 0 atom stereocenters. The van der Waals surface area contributed by atoms with Gasteiger partial charge in [0.25, 0.3) is 0 Å². The van der Waals surface area contributed by atoms with Crippen LogP contribution in [-0.4, -0.2) is 15.3 Å². The molecule has 3 nitrogen and oxygen atoms in total. The summed E-state index contributed by atoms with van der Waals surface area (Å²) in [7, 11) is 0. The van der Waals surface area contributed by atoms with Gasteiger partial charge in [0.05, 0.1) is 18.0 Å². The van der Waals surface area contributed by atoms with E-state index >= 15 is 0 Å². The van der Waals surface area contributed by atoms with Crippen LogP contribution in [0.3, 0.4) is 0 Å². The van der Waals surface area contributed by atoms with Crippen LogP contribution in [0.5, 0.6) is 0 Å². The molecule has 84 valence electrons. The first-order valence-electron chi connectivity index (χ1n) is 5.36. The van der Waals surface area contributed by atoms with Gasteiger partial charge in [-0.05, 0) is 26.3 Å². The van der Waals surface area contributed by atoms with Crippen molar-refractivity contribution in [2.24, 2.45) is 0 Å². The van der Waals surface area contributed by atoms with Crippen LogP contribution in [0.15, 0.2) is 18.2 Å². The summed E-state index contributed by atoms with van der Waals surface area (Å²) in [4.78, 5) is 0. The van der Waals surface area contributed by atoms with E-state index in [4.69, 9.17) is 5.11 Å². The predicted octanol–water partition coefficient (Wildman–Crippen LogP) is 2.49. The van der Waals surface area contributed by atoms with E-state index < -0.39 is 0 Å². The van der Waals surface area contributed by atoms with Gasteiger partial charge in [0.15, 0.2) is 0 Å². The van der Waals surface area contributed by atoms with Gasteiger partial charge >= 0.3 is 0 Å². The molecule has 0 aliphatic heterocycles. The molecular weight excluding hydrogens is 200 g/mol. The van der Waals surface area contributed by atoms with Crippen molar-refractivity contribution in [3.63, 3.8) is 0 Å². The average molecular weight is 216 g/mol. The molecular formula is C13H16N2O. The first-order valence-corrected chi connectivity index (χ1v) is 5.36. The fourth-order valence-electron chi connectivity index (χ4n) is 1.93. The minimum absolute atomic E-state index is 0.00371. The largest absolute Gasteiger partial charge is 0.390 e. The molecule has 0 radical (unpaired) electrons. The molecule has 0 saturated carbocycles. The molecule has 0 unspecified atom stereocenters. The highest BCUT2D eigenvalue weighted by atomic mass is 16.3. The van der Waals surface area contributed by atoms with Crippen LogP contribution in [-0.2, 0) is 6.61 Å². The Hall–Kier alpha value is -1.61. The second kappa shape index (κ2) is 4.10. The molecule has 0 amide bonds. The molecule has 1 aromatic heterocycles. The van der Waals surface area contributed by atoms with E-state index in [0.29, 0.717) is 0 Å². The average Bonchev–Trinajstić information content (AvgIpc) is 2.60. The molecule has 1 aromatic carbocycles. The van der Waals surface area contributed by atoms with Crippen LogP contribution < -0.4 is 0 Å². The quantitative estimate of drug-likeness (QED) is 0.810. The van der Waals surface area contributed by atoms with Crippen molar-refractivity contribution in [3.05, 3.63) is 40.6 Å². The van der Waals surface area contributed by atoms with Gasteiger partial charge in [-0.25, -0.2) is 0 Å². The Morgan fingerprint density at radius 1 is 1.25 bits per heavy atom. The van der Waals surface area contributed by atoms with Gasteiger partial charge in [0, 0.05) is 11.1 Å². The Balaban J connectivity index is 2.54. The zero-order valence-corrected chi connectivity index (χ0v) is 9.83. The lowest BCUT2D eigenvalue weighted by Crippen LogP contribution is -1.88. The summed E-state index contributed by atoms with van der Waals surface area (Å²) in [6.07, 6.45) is 0. The van der Waals surface area contributed by atoms with Crippen molar-refractivity contribution in [1.82, 2.24) is 10.2 Å². The molecule has 0 bridgehead atoms. The van der Waals surface area contributed by atoms with E-state index in [0.717, 1.165) is 22.5 Å². The number of aliphatic hydroxyl groups excluding tert-OH is 1. The zero-order chi connectivity index (χ0) is 11.7.